The highest BCUT2D eigenvalue weighted by atomic mass is 32.1. The van der Waals surface area contributed by atoms with E-state index < -0.39 is 0 Å². The number of hydrogen-bond acceptors (Lipinski definition) is 2. The van der Waals surface area contributed by atoms with Gasteiger partial charge in [-0.25, -0.2) is 0 Å². The zero-order chi connectivity index (χ0) is 23.4. The first-order valence-corrected chi connectivity index (χ1v) is 11.7. The highest BCUT2D eigenvalue weighted by molar-refractivity contribution is 7.80. The van der Waals surface area contributed by atoms with Crippen molar-refractivity contribution >= 4 is 17.2 Å². The molecule has 0 amide bonds. The van der Waals surface area contributed by atoms with Gasteiger partial charge in [0.1, 0.15) is 4.99 Å². The number of benzene rings is 3. The molecule has 0 heterocycles. The molecule has 0 spiro atoms. The van der Waals surface area contributed by atoms with Crippen molar-refractivity contribution < 1.29 is 0 Å². The molecule has 3 aromatic rings. The summed E-state index contributed by atoms with van der Waals surface area (Å²) in [5.74, 6) is 0. The van der Waals surface area contributed by atoms with Gasteiger partial charge in [0, 0.05) is 16.6 Å². The Kier molecular flexibility index (Phi) is 7.53. The summed E-state index contributed by atoms with van der Waals surface area (Å²) in [5, 5.41) is 3.76. The van der Waals surface area contributed by atoms with E-state index in [-0.39, 0.29) is 23.2 Å². The van der Waals surface area contributed by atoms with Crippen LogP contribution in [0.15, 0.2) is 91.0 Å². The molecule has 32 heavy (non-hydrogen) atoms. The molecule has 2 nitrogen and oxygen atoms in total. The summed E-state index contributed by atoms with van der Waals surface area (Å²) < 4.78 is 0. The first-order chi connectivity index (χ1) is 15.1. The van der Waals surface area contributed by atoms with Crippen molar-refractivity contribution in [2.75, 3.05) is 0 Å². The molecule has 2 atom stereocenters. The minimum atomic E-state index is -0.0676. The van der Waals surface area contributed by atoms with Crippen LogP contribution in [0.3, 0.4) is 0 Å². The van der Waals surface area contributed by atoms with Gasteiger partial charge in [0.2, 0.25) is 0 Å². The highest BCUT2D eigenvalue weighted by Crippen LogP contribution is 2.42. The van der Waals surface area contributed by atoms with Crippen LogP contribution in [0.1, 0.15) is 70.3 Å². The topological polar surface area (TPSA) is 15.3 Å². The highest BCUT2D eigenvalue weighted by Gasteiger charge is 2.42. The summed E-state index contributed by atoms with van der Waals surface area (Å²) in [6, 6.07) is 31.8. The van der Waals surface area contributed by atoms with E-state index in [1.54, 1.807) is 0 Å². The van der Waals surface area contributed by atoms with Crippen LogP contribution in [0.2, 0.25) is 0 Å². The van der Waals surface area contributed by atoms with Gasteiger partial charge >= 0.3 is 0 Å². The van der Waals surface area contributed by atoms with E-state index in [0.717, 1.165) is 10.6 Å². The Bertz CT molecular complexity index is 972. The second-order valence-electron chi connectivity index (χ2n) is 10.3. The molecule has 0 aromatic heterocycles. The summed E-state index contributed by atoms with van der Waals surface area (Å²) in [6.45, 7) is 13.8. The molecular formula is C29H36N2S. The molecule has 3 rings (SSSR count). The average molecular weight is 445 g/mol. The van der Waals surface area contributed by atoms with Crippen molar-refractivity contribution in [3.8, 4) is 0 Å². The van der Waals surface area contributed by atoms with Gasteiger partial charge in [-0.05, 0) is 52.7 Å². The van der Waals surface area contributed by atoms with Crippen LogP contribution in [0.25, 0.3) is 0 Å². The fourth-order valence-electron chi connectivity index (χ4n) is 4.80. The van der Waals surface area contributed by atoms with Gasteiger partial charge in [0.05, 0.1) is 12.1 Å². The van der Waals surface area contributed by atoms with E-state index >= 15 is 0 Å². The number of thiocarbonyl (C=S) groups is 1. The summed E-state index contributed by atoms with van der Waals surface area (Å²) in [4.78, 5) is 3.39. The van der Waals surface area contributed by atoms with Crippen molar-refractivity contribution in [2.45, 2.75) is 64.7 Å². The van der Waals surface area contributed by atoms with E-state index in [2.05, 4.69) is 125 Å². The molecule has 0 fully saturated rings. The lowest BCUT2D eigenvalue weighted by Crippen LogP contribution is -2.57. The summed E-state index contributed by atoms with van der Waals surface area (Å²) >= 11 is 5.91. The number of nitrogens with one attached hydrogen (secondary N) is 1. The average Bonchev–Trinajstić information content (AvgIpc) is 2.76. The lowest BCUT2D eigenvalue weighted by molar-refractivity contribution is -0.0198. The van der Waals surface area contributed by atoms with Gasteiger partial charge in [0.15, 0.2) is 0 Å². The number of hydrogen-bond donors (Lipinski definition) is 1. The molecule has 1 N–H and O–H groups in total. The van der Waals surface area contributed by atoms with Gasteiger partial charge in [-0.3, -0.25) is 4.90 Å². The Labute approximate surface area is 199 Å². The van der Waals surface area contributed by atoms with Crippen LogP contribution in [0.4, 0.5) is 0 Å². The molecule has 3 heteroatoms. The first kappa shape index (κ1) is 24.2. The number of rotatable bonds is 6. The molecule has 0 aliphatic heterocycles. The Morgan fingerprint density at radius 1 is 0.656 bits per heavy atom. The van der Waals surface area contributed by atoms with E-state index in [4.69, 9.17) is 12.2 Å². The third kappa shape index (κ3) is 5.85. The molecule has 0 bridgehead atoms. The summed E-state index contributed by atoms with van der Waals surface area (Å²) in [7, 11) is 0. The predicted octanol–water partition coefficient (Wildman–Crippen LogP) is 7.33. The fourth-order valence-corrected chi connectivity index (χ4v) is 5.06. The van der Waals surface area contributed by atoms with Crippen LogP contribution >= 0.6 is 12.2 Å². The Balaban J connectivity index is 2.18. The molecule has 0 aliphatic carbocycles. The maximum atomic E-state index is 5.91. The molecule has 0 aliphatic rings. The molecule has 0 saturated carbocycles. The largest absolute Gasteiger partial charge is 0.367 e. The zero-order valence-corrected chi connectivity index (χ0v) is 21.0. The van der Waals surface area contributed by atoms with Crippen molar-refractivity contribution in [1.29, 1.82) is 0 Å². The lowest BCUT2D eigenvalue weighted by atomic mass is 9.84. The SMILES string of the molecule is CC(C)(C)N(C(c1ccccc1)C(NC(=S)c1ccccc1)c1ccccc1)C(C)(C)C. The first-order valence-electron chi connectivity index (χ1n) is 11.3. The molecule has 0 radical (unpaired) electrons. The van der Waals surface area contributed by atoms with Crippen LogP contribution in [0, 0.1) is 0 Å². The Morgan fingerprint density at radius 3 is 1.50 bits per heavy atom. The maximum Gasteiger partial charge on any atom is 0.107 e. The van der Waals surface area contributed by atoms with Crippen LogP contribution in [0.5, 0.6) is 0 Å². The van der Waals surface area contributed by atoms with Gasteiger partial charge < -0.3 is 5.32 Å². The summed E-state index contributed by atoms with van der Waals surface area (Å²) in [5.41, 5.74) is 3.39. The minimum absolute atomic E-state index is 0.0234. The molecule has 2 unspecified atom stereocenters. The lowest BCUT2D eigenvalue weighted by Gasteiger charge is -2.52. The van der Waals surface area contributed by atoms with E-state index in [1.165, 1.54) is 11.1 Å². The fraction of sp³-hybridized carbons (Fsp3) is 0.345. The quantitative estimate of drug-likeness (QED) is 0.401. The van der Waals surface area contributed by atoms with E-state index in [1.807, 2.05) is 18.2 Å². The minimum Gasteiger partial charge on any atom is -0.367 e. The second kappa shape index (κ2) is 9.97. The zero-order valence-electron chi connectivity index (χ0n) is 20.2. The van der Waals surface area contributed by atoms with Crippen LogP contribution in [-0.4, -0.2) is 21.0 Å². The second-order valence-corrected chi connectivity index (χ2v) is 10.7. The third-order valence-corrected chi connectivity index (χ3v) is 6.02. The normalized spacial score (nSPS) is 14.1. The molecular weight excluding hydrogens is 408 g/mol. The van der Waals surface area contributed by atoms with Gasteiger partial charge in [0.25, 0.3) is 0 Å². The van der Waals surface area contributed by atoms with E-state index in [0.29, 0.717) is 0 Å². The smallest absolute Gasteiger partial charge is 0.107 e. The van der Waals surface area contributed by atoms with Gasteiger partial charge in [-0.15, -0.1) is 0 Å². The van der Waals surface area contributed by atoms with Gasteiger partial charge in [-0.1, -0.05) is 103 Å². The van der Waals surface area contributed by atoms with E-state index in [9.17, 15) is 0 Å². The van der Waals surface area contributed by atoms with Crippen molar-refractivity contribution in [3.63, 3.8) is 0 Å². The van der Waals surface area contributed by atoms with Crippen LogP contribution in [-0.2, 0) is 0 Å². The van der Waals surface area contributed by atoms with Crippen molar-refractivity contribution in [3.05, 3.63) is 108 Å². The standard InChI is InChI=1S/C29H36N2S/c1-28(2,3)31(29(4,5)6)26(23-18-12-8-13-19-23)25(22-16-10-7-11-17-22)30-27(32)24-20-14-9-15-21-24/h7-21,25-26H,1-6H3,(H,30,32). The number of nitrogens with zero attached hydrogens (tertiary/aromatic N) is 1. The molecule has 3 aromatic carbocycles. The third-order valence-electron chi connectivity index (χ3n) is 5.66. The Hall–Kier alpha value is -2.49. The van der Waals surface area contributed by atoms with Crippen molar-refractivity contribution in [2.24, 2.45) is 0 Å². The summed E-state index contributed by atoms with van der Waals surface area (Å²) in [6.07, 6.45) is 0. The Morgan fingerprint density at radius 2 is 1.06 bits per heavy atom. The monoisotopic (exact) mass is 444 g/mol. The maximum absolute atomic E-state index is 5.91. The van der Waals surface area contributed by atoms with Crippen molar-refractivity contribution in [1.82, 2.24) is 10.2 Å². The molecule has 0 saturated heterocycles. The van der Waals surface area contributed by atoms with Gasteiger partial charge in [-0.2, -0.15) is 0 Å². The predicted molar refractivity (Wildman–Crippen MR) is 141 cm³/mol. The van der Waals surface area contributed by atoms with Crippen LogP contribution < -0.4 is 5.32 Å². The molecule has 168 valence electrons.